The highest BCUT2D eigenvalue weighted by Crippen LogP contribution is 2.27. The molecule has 4 heteroatoms. The quantitative estimate of drug-likeness (QED) is 0.768. The molecule has 1 aliphatic rings. The molecule has 0 amide bonds. The number of nitrogens with two attached hydrogens (primary N) is 1. The van der Waals surface area contributed by atoms with E-state index < -0.39 is 0 Å². The van der Waals surface area contributed by atoms with Crippen LogP contribution in [0.25, 0.3) is 0 Å². The largest absolute Gasteiger partial charge is 0.398 e. The van der Waals surface area contributed by atoms with Gasteiger partial charge in [0.15, 0.2) is 0 Å². The summed E-state index contributed by atoms with van der Waals surface area (Å²) < 4.78 is 13.2. The zero-order valence-electron chi connectivity index (χ0n) is 9.90. The van der Waals surface area contributed by atoms with Crippen LogP contribution in [0.4, 0.5) is 10.1 Å². The lowest BCUT2D eigenvalue weighted by Crippen LogP contribution is -2.41. The van der Waals surface area contributed by atoms with Crippen LogP contribution in [-0.4, -0.2) is 29.2 Å². The van der Waals surface area contributed by atoms with Crippen molar-refractivity contribution in [3.05, 3.63) is 29.6 Å². The summed E-state index contributed by atoms with van der Waals surface area (Å²) in [6.07, 6.45) is 3.57. The van der Waals surface area contributed by atoms with Crippen LogP contribution in [-0.2, 0) is 6.54 Å². The van der Waals surface area contributed by atoms with Crippen LogP contribution >= 0.6 is 0 Å². The van der Waals surface area contributed by atoms with E-state index in [1.807, 2.05) is 0 Å². The summed E-state index contributed by atoms with van der Waals surface area (Å²) in [5.74, 6) is -0.258. The van der Waals surface area contributed by atoms with Crippen molar-refractivity contribution in [2.24, 2.45) is 0 Å². The first-order valence-corrected chi connectivity index (χ1v) is 6.09. The summed E-state index contributed by atoms with van der Waals surface area (Å²) in [6.45, 7) is 1.38. The van der Waals surface area contributed by atoms with Crippen LogP contribution < -0.4 is 5.73 Å². The Balaban J connectivity index is 2.07. The predicted octanol–water partition coefficient (Wildman–Crippen LogP) is 1.75. The van der Waals surface area contributed by atoms with Gasteiger partial charge in [0.25, 0.3) is 0 Å². The molecule has 0 heterocycles. The molecule has 0 atom stereocenters. The molecule has 1 aliphatic carbocycles. The lowest BCUT2D eigenvalue weighted by molar-refractivity contribution is 0.0947. The van der Waals surface area contributed by atoms with Crippen LogP contribution in [0.3, 0.4) is 0 Å². The Bertz CT molecular complexity index is 380. The fourth-order valence-corrected chi connectivity index (χ4v) is 2.20. The van der Waals surface area contributed by atoms with Crippen molar-refractivity contribution in [2.75, 3.05) is 18.9 Å². The number of hydrogen-bond acceptors (Lipinski definition) is 3. The number of rotatable bonds is 5. The summed E-state index contributed by atoms with van der Waals surface area (Å²) in [5.41, 5.74) is 7.27. The minimum Gasteiger partial charge on any atom is -0.398 e. The SMILES string of the molecule is Nc1ccc(F)cc1CN(CCO)C1CCC1. The van der Waals surface area contributed by atoms with Crippen LogP contribution in [0.15, 0.2) is 18.2 Å². The molecule has 1 saturated carbocycles. The van der Waals surface area contributed by atoms with E-state index in [2.05, 4.69) is 4.90 Å². The number of aliphatic hydroxyl groups excluding tert-OH is 1. The van der Waals surface area contributed by atoms with E-state index >= 15 is 0 Å². The summed E-state index contributed by atoms with van der Waals surface area (Å²) in [5, 5.41) is 9.06. The molecule has 2 rings (SSSR count). The lowest BCUT2D eigenvalue weighted by Gasteiger charge is -2.37. The maximum Gasteiger partial charge on any atom is 0.123 e. The Hall–Kier alpha value is -1.13. The first-order valence-electron chi connectivity index (χ1n) is 6.09. The van der Waals surface area contributed by atoms with Gasteiger partial charge in [-0.25, -0.2) is 4.39 Å². The zero-order valence-corrected chi connectivity index (χ0v) is 9.90. The highest BCUT2D eigenvalue weighted by molar-refractivity contribution is 5.46. The number of nitrogen functional groups attached to an aromatic ring is 1. The van der Waals surface area contributed by atoms with Crippen molar-refractivity contribution in [3.8, 4) is 0 Å². The predicted molar refractivity (Wildman–Crippen MR) is 65.9 cm³/mol. The first-order chi connectivity index (χ1) is 8.20. The van der Waals surface area contributed by atoms with Crippen molar-refractivity contribution in [1.82, 2.24) is 4.90 Å². The number of anilines is 1. The summed E-state index contributed by atoms with van der Waals surface area (Å²) >= 11 is 0. The van der Waals surface area contributed by atoms with Gasteiger partial charge in [-0.1, -0.05) is 6.42 Å². The number of benzene rings is 1. The highest BCUT2D eigenvalue weighted by Gasteiger charge is 2.24. The molecule has 0 unspecified atom stereocenters. The Morgan fingerprint density at radius 1 is 1.41 bits per heavy atom. The third kappa shape index (κ3) is 2.96. The van der Waals surface area contributed by atoms with Crippen LogP contribution in [0, 0.1) is 5.82 Å². The maximum atomic E-state index is 13.2. The van der Waals surface area contributed by atoms with Crippen molar-refractivity contribution in [3.63, 3.8) is 0 Å². The molecule has 1 aromatic rings. The molecule has 94 valence electrons. The number of nitrogens with zero attached hydrogens (tertiary/aromatic N) is 1. The summed E-state index contributed by atoms with van der Waals surface area (Å²) in [4.78, 5) is 2.19. The van der Waals surface area contributed by atoms with Gasteiger partial charge in [0, 0.05) is 24.8 Å². The molecule has 1 fully saturated rings. The van der Waals surface area contributed by atoms with Gasteiger partial charge in [0.1, 0.15) is 5.82 Å². The Morgan fingerprint density at radius 2 is 2.18 bits per heavy atom. The lowest BCUT2D eigenvalue weighted by atomic mass is 9.91. The number of halogens is 1. The number of hydrogen-bond donors (Lipinski definition) is 2. The smallest absolute Gasteiger partial charge is 0.123 e. The van der Waals surface area contributed by atoms with Crippen molar-refractivity contribution in [1.29, 1.82) is 0 Å². The minimum absolute atomic E-state index is 0.131. The van der Waals surface area contributed by atoms with E-state index in [1.54, 1.807) is 6.07 Å². The average Bonchev–Trinajstić information content (AvgIpc) is 2.21. The van der Waals surface area contributed by atoms with Gasteiger partial charge in [-0.15, -0.1) is 0 Å². The molecule has 0 saturated heterocycles. The summed E-state index contributed by atoms with van der Waals surface area (Å²) in [7, 11) is 0. The third-order valence-corrected chi connectivity index (χ3v) is 3.46. The number of aliphatic hydroxyl groups is 1. The van der Waals surface area contributed by atoms with Gasteiger partial charge in [0.05, 0.1) is 6.61 Å². The zero-order chi connectivity index (χ0) is 12.3. The summed E-state index contributed by atoms with van der Waals surface area (Å²) in [6, 6.07) is 4.98. The second kappa shape index (κ2) is 5.47. The van der Waals surface area contributed by atoms with E-state index in [-0.39, 0.29) is 12.4 Å². The van der Waals surface area contributed by atoms with Crippen molar-refractivity contribution in [2.45, 2.75) is 31.8 Å². The second-order valence-corrected chi connectivity index (χ2v) is 4.62. The van der Waals surface area contributed by atoms with E-state index in [9.17, 15) is 4.39 Å². The van der Waals surface area contributed by atoms with Gasteiger partial charge in [-0.2, -0.15) is 0 Å². The van der Waals surface area contributed by atoms with Gasteiger partial charge in [-0.05, 0) is 36.6 Å². The second-order valence-electron chi connectivity index (χ2n) is 4.62. The normalized spacial score (nSPS) is 16.2. The first kappa shape index (κ1) is 12.3. The van der Waals surface area contributed by atoms with E-state index in [4.69, 9.17) is 10.8 Å². The Kier molecular flexibility index (Phi) is 3.97. The highest BCUT2D eigenvalue weighted by atomic mass is 19.1. The topological polar surface area (TPSA) is 49.5 Å². The Morgan fingerprint density at radius 3 is 2.76 bits per heavy atom. The van der Waals surface area contributed by atoms with Crippen molar-refractivity contribution >= 4 is 5.69 Å². The van der Waals surface area contributed by atoms with Crippen LogP contribution in [0.2, 0.25) is 0 Å². The standard InChI is InChI=1S/C13H19FN2O/c14-11-4-5-13(15)10(8-11)9-16(6-7-17)12-2-1-3-12/h4-5,8,12,17H,1-3,6-7,9,15H2. The van der Waals surface area contributed by atoms with Crippen molar-refractivity contribution < 1.29 is 9.50 Å². The molecule has 0 aliphatic heterocycles. The minimum atomic E-state index is -0.258. The van der Waals surface area contributed by atoms with Crippen LogP contribution in [0.5, 0.6) is 0 Å². The molecule has 3 N–H and O–H groups in total. The molecule has 1 aromatic carbocycles. The molecule has 17 heavy (non-hydrogen) atoms. The van der Waals surface area contributed by atoms with E-state index in [1.165, 1.54) is 18.6 Å². The van der Waals surface area contributed by atoms with E-state index in [0.29, 0.717) is 24.8 Å². The third-order valence-electron chi connectivity index (χ3n) is 3.46. The molecule has 3 nitrogen and oxygen atoms in total. The molecule has 0 aromatic heterocycles. The Labute approximate surface area is 101 Å². The molecular formula is C13H19FN2O. The fourth-order valence-electron chi connectivity index (χ4n) is 2.20. The average molecular weight is 238 g/mol. The molecule has 0 bridgehead atoms. The van der Waals surface area contributed by atoms with Gasteiger partial charge >= 0.3 is 0 Å². The molecule has 0 spiro atoms. The van der Waals surface area contributed by atoms with Gasteiger partial charge in [-0.3, -0.25) is 4.90 Å². The molecule has 0 radical (unpaired) electrons. The fraction of sp³-hybridized carbons (Fsp3) is 0.538. The van der Waals surface area contributed by atoms with Gasteiger partial charge < -0.3 is 10.8 Å². The monoisotopic (exact) mass is 238 g/mol. The molecular weight excluding hydrogens is 219 g/mol. The van der Waals surface area contributed by atoms with Gasteiger partial charge in [0.2, 0.25) is 0 Å². The maximum absolute atomic E-state index is 13.2. The van der Waals surface area contributed by atoms with Crippen LogP contribution in [0.1, 0.15) is 24.8 Å². The van der Waals surface area contributed by atoms with E-state index in [0.717, 1.165) is 18.4 Å².